The number of rotatable bonds is 8. The van der Waals surface area contributed by atoms with Gasteiger partial charge in [0.15, 0.2) is 0 Å². The average molecular weight is 291 g/mol. The summed E-state index contributed by atoms with van der Waals surface area (Å²) in [5.41, 5.74) is 5.03. The molecule has 0 radical (unpaired) electrons. The summed E-state index contributed by atoms with van der Waals surface area (Å²) in [6.45, 7) is 9.24. The maximum absolute atomic E-state index is 12.3. The van der Waals surface area contributed by atoms with Crippen LogP contribution in [-0.2, 0) is 0 Å². The first kappa shape index (κ1) is 17.5. The van der Waals surface area contributed by atoms with Crippen LogP contribution in [0.2, 0.25) is 0 Å². The number of carbonyl (C=O) groups is 1. The lowest BCUT2D eigenvalue weighted by atomic mass is 9.87. The van der Waals surface area contributed by atoms with Gasteiger partial charge in [-0.15, -0.1) is 0 Å². The number of carbonyl (C=O) groups excluding carboxylic acids is 1. The molecule has 118 valence electrons. The molecule has 0 aromatic heterocycles. The molecule has 0 heterocycles. The number of hydrogen-bond acceptors (Lipinski definition) is 3. The van der Waals surface area contributed by atoms with Crippen molar-refractivity contribution in [3.05, 3.63) is 29.3 Å². The zero-order chi connectivity index (χ0) is 15.9. The van der Waals surface area contributed by atoms with Gasteiger partial charge in [0.2, 0.25) is 0 Å². The van der Waals surface area contributed by atoms with Crippen molar-refractivity contribution >= 4 is 11.6 Å². The summed E-state index contributed by atoms with van der Waals surface area (Å²) in [7, 11) is 0. The fourth-order valence-electron chi connectivity index (χ4n) is 2.33. The molecule has 0 bridgehead atoms. The fourth-order valence-corrected chi connectivity index (χ4v) is 2.33. The average Bonchev–Trinajstić information content (AvgIpc) is 2.45. The van der Waals surface area contributed by atoms with E-state index in [2.05, 4.69) is 31.5 Å². The zero-order valence-electron chi connectivity index (χ0n) is 13.8. The standard InChI is InChI=1S/C17H29N3O/c1-5-6-7-10-17(3,4)12-19-16(21)14-9-8-13(2)11-15(14)20-18/h8-9,11,20H,5-7,10,12,18H2,1-4H3,(H,19,21). The lowest BCUT2D eigenvalue weighted by Gasteiger charge is -2.25. The van der Waals surface area contributed by atoms with Gasteiger partial charge in [0.25, 0.3) is 5.91 Å². The Balaban J connectivity index is 2.61. The predicted molar refractivity (Wildman–Crippen MR) is 89.2 cm³/mol. The summed E-state index contributed by atoms with van der Waals surface area (Å²) >= 11 is 0. The van der Waals surface area contributed by atoms with Crippen molar-refractivity contribution in [1.82, 2.24) is 5.32 Å². The van der Waals surface area contributed by atoms with E-state index in [4.69, 9.17) is 5.84 Å². The number of amides is 1. The van der Waals surface area contributed by atoms with Crippen molar-refractivity contribution in [2.24, 2.45) is 11.3 Å². The molecule has 0 saturated heterocycles. The van der Waals surface area contributed by atoms with Crippen molar-refractivity contribution in [1.29, 1.82) is 0 Å². The molecule has 0 fully saturated rings. The smallest absolute Gasteiger partial charge is 0.253 e. The molecule has 1 rings (SSSR count). The molecule has 0 saturated carbocycles. The molecule has 4 nitrogen and oxygen atoms in total. The first-order valence-electron chi connectivity index (χ1n) is 7.75. The molecule has 4 heteroatoms. The lowest BCUT2D eigenvalue weighted by Crippen LogP contribution is -2.34. The van der Waals surface area contributed by atoms with Crippen LogP contribution >= 0.6 is 0 Å². The molecule has 0 aliphatic rings. The number of nitrogens with one attached hydrogen (secondary N) is 2. The van der Waals surface area contributed by atoms with Crippen LogP contribution in [0.4, 0.5) is 5.69 Å². The molecular weight excluding hydrogens is 262 g/mol. The monoisotopic (exact) mass is 291 g/mol. The minimum Gasteiger partial charge on any atom is -0.351 e. The van der Waals surface area contributed by atoms with E-state index in [-0.39, 0.29) is 11.3 Å². The Labute approximate surface area is 128 Å². The first-order valence-corrected chi connectivity index (χ1v) is 7.75. The number of hydrogen-bond donors (Lipinski definition) is 3. The van der Waals surface area contributed by atoms with E-state index in [0.29, 0.717) is 17.8 Å². The van der Waals surface area contributed by atoms with Crippen LogP contribution in [0.25, 0.3) is 0 Å². The normalized spacial score (nSPS) is 11.3. The number of hydrazine groups is 1. The maximum atomic E-state index is 12.3. The minimum absolute atomic E-state index is 0.0773. The summed E-state index contributed by atoms with van der Waals surface area (Å²) < 4.78 is 0. The van der Waals surface area contributed by atoms with E-state index >= 15 is 0 Å². The van der Waals surface area contributed by atoms with E-state index in [1.165, 1.54) is 19.3 Å². The van der Waals surface area contributed by atoms with Crippen molar-refractivity contribution in [2.75, 3.05) is 12.0 Å². The Bertz CT molecular complexity index is 469. The number of aryl methyl sites for hydroxylation is 1. The largest absolute Gasteiger partial charge is 0.351 e. The van der Waals surface area contributed by atoms with Crippen molar-refractivity contribution in [2.45, 2.75) is 53.4 Å². The second-order valence-electron chi connectivity index (χ2n) is 6.50. The molecule has 21 heavy (non-hydrogen) atoms. The fraction of sp³-hybridized carbons (Fsp3) is 0.588. The summed E-state index contributed by atoms with van der Waals surface area (Å²) in [6, 6.07) is 5.60. The van der Waals surface area contributed by atoms with Crippen molar-refractivity contribution in [3.63, 3.8) is 0 Å². The van der Waals surface area contributed by atoms with Crippen LogP contribution in [0.3, 0.4) is 0 Å². The maximum Gasteiger partial charge on any atom is 0.253 e. The summed E-state index contributed by atoms with van der Waals surface area (Å²) in [5, 5.41) is 3.03. The van der Waals surface area contributed by atoms with E-state index in [1.54, 1.807) is 0 Å². The van der Waals surface area contributed by atoms with Crippen molar-refractivity contribution < 1.29 is 4.79 Å². The Morgan fingerprint density at radius 3 is 2.62 bits per heavy atom. The Morgan fingerprint density at radius 1 is 1.29 bits per heavy atom. The van der Waals surface area contributed by atoms with Crippen LogP contribution in [0.1, 0.15) is 62.4 Å². The van der Waals surface area contributed by atoms with Gasteiger partial charge in [0.05, 0.1) is 11.3 Å². The number of unbranched alkanes of at least 4 members (excludes halogenated alkanes) is 2. The molecule has 0 atom stereocenters. The number of benzene rings is 1. The van der Waals surface area contributed by atoms with Gasteiger partial charge < -0.3 is 10.7 Å². The number of anilines is 1. The third-order valence-corrected chi connectivity index (χ3v) is 3.76. The van der Waals surface area contributed by atoms with Gasteiger partial charge in [0, 0.05) is 6.54 Å². The minimum atomic E-state index is -0.0773. The second kappa shape index (κ2) is 8.03. The van der Waals surface area contributed by atoms with Gasteiger partial charge in [-0.1, -0.05) is 46.1 Å². The zero-order valence-corrected chi connectivity index (χ0v) is 13.8. The van der Waals surface area contributed by atoms with E-state index < -0.39 is 0 Å². The molecule has 4 N–H and O–H groups in total. The highest BCUT2D eigenvalue weighted by atomic mass is 16.1. The van der Waals surface area contributed by atoms with Crippen LogP contribution in [-0.4, -0.2) is 12.5 Å². The van der Waals surface area contributed by atoms with Gasteiger partial charge >= 0.3 is 0 Å². The lowest BCUT2D eigenvalue weighted by molar-refractivity contribution is 0.0935. The molecule has 1 aromatic rings. The van der Waals surface area contributed by atoms with Gasteiger partial charge in [0.1, 0.15) is 0 Å². The molecule has 0 aliphatic heterocycles. The Morgan fingerprint density at radius 2 is 2.00 bits per heavy atom. The predicted octanol–water partition coefficient (Wildman–Crippen LogP) is 3.62. The molecule has 0 aliphatic carbocycles. The molecular formula is C17H29N3O. The SMILES string of the molecule is CCCCCC(C)(C)CNC(=O)c1ccc(C)cc1NN. The second-order valence-corrected chi connectivity index (χ2v) is 6.50. The number of nitrogens with two attached hydrogens (primary N) is 1. The molecule has 0 unspecified atom stereocenters. The van der Waals surface area contributed by atoms with Crippen LogP contribution in [0.15, 0.2) is 18.2 Å². The van der Waals surface area contributed by atoms with Crippen LogP contribution < -0.4 is 16.6 Å². The summed E-state index contributed by atoms with van der Waals surface area (Å²) in [6.07, 6.45) is 4.80. The Kier molecular flexibility index (Phi) is 6.69. The van der Waals surface area contributed by atoms with Gasteiger partial charge in [-0.25, -0.2) is 0 Å². The van der Waals surface area contributed by atoms with Crippen LogP contribution in [0, 0.1) is 12.3 Å². The topological polar surface area (TPSA) is 67.2 Å². The quantitative estimate of drug-likeness (QED) is 0.389. The highest BCUT2D eigenvalue weighted by Gasteiger charge is 2.19. The highest BCUT2D eigenvalue weighted by molar-refractivity contribution is 5.99. The molecule has 1 amide bonds. The van der Waals surface area contributed by atoms with E-state index in [9.17, 15) is 4.79 Å². The summed E-state index contributed by atoms with van der Waals surface area (Å²) in [5.74, 6) is 5.41. The highest BCUT2D eigenvalue weighted by Crippen LogP contribution is 2.23. The van der Waals surface area contributed by atoms with Crippen LogP contribution in [0.5, 0.6) is 0 Å². The van der Waals surface area contributed by atoms with E-state index in [0.717, 1.165) is 12.0 Å². The van der Waals surface area contributed by atoms with E-state index in [1.807, 2.05) is 25.1 Å². The van der Waals surface area contributed by atoms with Crippen molar-refractivity contribution in [3.8, 4) is 0 Å². The molecule has 0 spiro atoms. The van der Waals surface area contributed by atoms with Gasteiger partial charge in [-0.2, -0.15) is 0 Å². The third kappa shape index (κ3) is 5.76. The third-order valence-electron chi connectivity index (χ3n) is 3.76. The number of nitrogen functional groups attached to an aromatic ring is 1. The summed E-state index contributed by atoms with van der Waals surface area (Å²) in [4.78, 5) is 12.3. The first-order chi connectivity index (χ1) is 9.89. The van der Waals surface area contributed by atoms with Gasteiger partial charge in [-0.3, -0.25) is 10.6 Å². The van der Waals surface area contributed by atoms with Gasteiger partial charge in [-0.05, 0) is 36.5 Å². The Hall–Kier alpha value is -1.55. The molecule has 1 aromatic carbocycles.